The lowest BCUT2D eigenvalue weighted by Crippen LogP contribution is -2.50. The van der Waals surface area contributed by atoms with Crippen molar-refractivity contribution in [2.75, 3.05) is 65.4 Å². The van der Waals surface area contributed by atoms with Crippen LogP contribution in [0.3, 0.4) is 0 Å². The Labute approximate surface area is 203 Å². The molecule has 0 atom stereocenters. The van der Waals surface area contributed by atoms with Crippen LogP contribution in [0.25, 0.3) is 0 Å². The van der Waals surface area contributed by atoms with Gasteiger partial charge in [0.15, 0.2) is 5.96 Å². The Bertz CT molecular complexity index is 482. The first-order valence-corrected chi connectivity index (χ1v) is 12.7. The summed E-state index contributed by atoms with van der Waals surface area (Å²) in [7, 11) is 0. The molecule has 5 nitrogen and oxygen atoms in total. The van der Waals surface area contributed by atoms with Crippen LogP contribution in [-0.4, -0.2) is 86.1 Å². The van der Waals surface area contributed by atoms with Crippen molar-refractivity contribution >= 4 is 29.9 Å². The number of likely N-dealkylation sites (tertiary alicyclic amines) is 1. The van der Waals surface area contributed by atoms with Crippen LogP contribution in [0.4, 0.5) is 0 Å². The molecule has 2 heterocycles. The smallest absolute Gasteiger partial charge is 0.193 e. The molecule has 2 saturated heterocycles. The van der Waals surface area contributed by atoms with Crippen molar-refractivity contribution in [1.82, 2.24) is 20.0 Å². The molecule has 176 valence electrons. The minimum atomic E-state index is 0. The number of likely N-dealkylation sites (N-methyl/N-ethyl adjacent to an activating group) is 1. The van der Waals surface area contributed by atoms with Crippen molar-refractivity contribution in [2.24, 2.45) is 10.4 Å². The standard InChI is InChI=1S/C24H47N5.HI/c1-3-25-23(26-15-9-10-16-28-20-18-27(4-2)19-21-28)29-17-11-14-24(22-29)12-7-5-6-8-13-24;/h3-22H2,1-2H3,(H,25,26);1H. The van der Waals surface area contributed by atoms with E-state index in [4.69, 9.17) is 4.99 Å². The van der Waals surface area contributed by atoms with Crippen LogP contribution in [0.1, 0.15) is 78.1 Å². The molecule has 1 N–H and O–H groups in total. The van der Waals surface area contributed by atoms with E-state index in [-0.39, 0.29) is 24.0 Å². The summed E-state index contributed by atoms with van der Waals surface area (Å²) in [5.41, 5.74) is 0.575. The number of piperidine rings is 1. The Kier molecular flexibility index (Phi) is 12.3. The molecule has 1 saturated carbocycles. The van der Waals surface area contributed by atoms with Crippen molar-refractivity contribution in [2.45, 2.75) is 78.1 Å². The maximum absolute atomic E-state index is 5.05. The highest BCUT2D eigenvalue weighted by molar-refractivity contribution is 14.0. The molecule has 3 fully saturated rings. The van der Waals surface area contributed by atoms with Crippen LogP contribution >= 0.6 is 24.0 Å². The molecule has 0 bridgehead atoms. The molecule has 30 heavy (non-hydrogen) atoms. The fraction of sp³-hybridized carbons (Fsp3) is 0.958. The monoisotopic (exact) mass is 533 g/mol. The molecule has 2 aliphatic heterocycles. The summed E-state index contributed by atoms with van der Waals surface area (Å²) in [5, 5.41) is 3.60. The lowest BCUT2D eigenvalue weighted by Gasteiger charge is -2.44. The first-order chi connectivity index (χ1) is 14.2. The normalized spacial score (nSPS) is 23.8. The van der Waals surface area contributed by atoms with Gasteiger partial charge in [-0.15, -0.1) is 24.0 Å². The van der Waals surface area contributed by atoms with Crippen molar-refractivity contribution in [3.05, 3.63) is 0 Å². The SMILES string of the molecule is CCNC(=NCCCCN1CCN(CC)CC1)N1CCCC2(CCCCCC2)C1.I. The number of guanidine groups is 1. The summed E-state index contributed by atoms with van der Waals surface area (Å²) < 4.78 is 0. The third-order valence-electron chi connectivity index (χ3n) is 7.52. The molecule has 6 heteroatoms. The lowest BCUT2D eigenvalue weighted by molar-refractivity contribution is 0.115. The third kappa shape index (κ3) is 8.12. The van der Waals surface area contributed by atoms with Gasteiger partial charge in [0.2, 0.25) is 0 Å². The molecular weight excluding hydrogens is 485 g/mol. The average Bonchev–Trinajstić information content (AvgIpc) is 2.98. The van der Waals surface area contributed by atoms with Gasteiger partial charge in [-0.25, -0.2) is 0 Å². The molecule has 1 aliphatic carbocycles. The number of nitrogens with one attached hydrogen (secondary N) is 1. The van der Waals surface area contributed by atoms with Gasteiger partial charge in [-0.1, -0.05) is 32.6 Å². The van der Waals surface area contributed by atoms with Crippen LogP contribution in [0.5, 0.6) is 0 Å². The second-order valence-corrected chi connectivity index (χ2v) is 9.66. The van der Waals surface area contributed by atoms with Crippen LogP contribution in [0, 0.1) is 5.41 Å². The molecule has 0 unspecified atom stereocenters. The molecule has 0 aromatic carbocycles. The van der Waals surface area contributed by atoms with E-state index in [0.29, 0.717) is 5.41 Å². The van der Waals surface area contributed by atoms with E-state index < -0.39 is 0 Å². The maximum atomic E-state index is 5.05. The predicted molar refractivity (Wildman–Crippen MR) is 140 cm³/mol. The molecule has 0 aromatic rings. The van der Waals surface area contributed by atoms with Gasteiger partial charge in [0.25, 0.3) is 0 Å². The quantitative estimate of drug-likeness (QED) is 0.227. The summed E-state index contributed by atoms with van der Waals surface area (Å²) in [5.74, 6) is 1.19. The van der Waals surface area contributed by atoms with Gasteiger partial charge in [0, 0.05) is 52.4 Å². The van der Waals surface area contributed by atoms with Crippen LogP contribution in [-0.2, 0) is 0 Å². The number of piperazine rings is 1. The molecule has 0 amide bonds. The minimum Gasteiger partial charge on any atom is -0.357 e. The fourth-order valence-electron chi connectivity index (χ4n) is 5.66. The highest BCUT2D eigenvalue weighted by Crippen LogP contribution is 2.42. The Morgan fingerprint density at radius 3 is 2.17 bits per heavy atom. The van der Waals surface area contributed by atoms with Gasteiger partial charge in [-0.3, -0.25) is 4.99 Å². The topological polar surface area (TPSA) is 34.1 Å². The van der Waals surface area contributed by atoms with Crippen molar-refractivity contribution in [3.63, 3.8) is 0 Å². The van der Waals surface area contributed by atoms with Crippen molar-refractivity contribution in [3.8, 4) is 0 Å². The van der Waals surface area contributed by atoms with Crippen LogP contribution < -0.4 is 5.32 Å². The zero-order valence-electron chi connectivity index (χ0n) is 19.8. The summed E-state index contributed by atoms with van der Waals surface area (Å²) in [6.45, 7) is 16.3. The summed E-state index contributed by atoms with van der Waals surface area (Å²) in [6, 6.07) is 0. The number of hydrogen-bond acceptors (Lipinski definition) is 3. The van der Waals surface area contributed by atoms with Gasteiger partial charge in [-0.2, -0.15) is 0 Å². The average molecular weight is 534 g/mol. The van der Waals surface area contributed by atoms with Gasteiger partial charge in [-0.05, 0) is 64.0 Å². The van der Waals surface area contributed by atoms with E-state index in [9.17, 15) is 0 Å². The van der Waals surface area contributed by atoms with Crippen LogP contribution in [0.2, 0.25) is 0 Å². The first kappa shape index (κ1) is 26.2. The number of hydrogen-bond donors (Lipinski definition) is 1. The van der Waals surface area contributed by atoms with Crippen molar-refractivity contribution in [1.29, 1.82) is 0 Å². The Hall–Kier alpha value is -0.0800. The molecular formula is C24H48IN5. The van der Waals surface area contributed by atoms with Gasteiger partial charge >= 0.3 is 0 Å². The van der Waals surface area contributed by atoms with E-state index in [2.05, 4.69) is 33.9 Å². The van der Waals surface area contributed by atoms with Gasteiger partial charge < -0.3 is 20.0 Å². The highest BCUT2D eigenvalue weighted by Gasteiger charge is 2.36. The van der Waals surface area contributed by atoms with Gasteiger partial charge in [0.05, 0.1) is 0 Å². The van der Waals surface area contributed by atoms with E-state index in [0.717, 1.165) is 13.1 Å². The van der Waals surface area contributed by atoms with E-state index in [1.807, 2.05) is 0 Å². The minimum absolute atomic E-state index is 0. The fourth-order valence-corrected chi connectivity index (χ4v) is 5.66. The lowest BCUT2D eigenvalue weighted by atomic mass is 9.74. The largest absolute Gasteiger partial charge is 0.357 e. The molecule has 0 radical (unpaired) electrons. The first-order valence-electron chi connectivity index (χ1n) is 12.7. The molecule has 3 rings (SSSR count). The van der Waals surface area contributed by atoms with E-state index >= 15 is 0 Å². The third-order valence-corrected chi connectivity index (χ3v) is 7.52. The summed E-state index contributed by atoms with van der Waals surface area (Å²) in [4.78, 5) is 12.8. The number of rotatable bonds is 7. The zero-order valence-corrected chi connectivity index (χ0v) is 22.2. The number of aliphatic imine (C=N–C) groups is 1. The maximum Gasteiger partial charge on any atom is 0.193 e. The Morgan fingerprint density at radius 1 is 0.833 bits per heavy atom. The number of nitrogens with zero attached hydrogens (tertiary/aromatic N) is 4. The molecule has 0 aromatic heterocycles. The van der Waals surface area contributed by atoms with Crippen LogP contribution in [0.15, 0.2) is 4.99 Å². The number of unbranched alkanes of at least 4 members (excludes halogenated alkanes) is 1. The Balaban J connectivity index is 0.00000320. The molecule has 1 spiro atoms. The molecule has 3 aliphatic rings. The number of halogens is 1. The second kappa shape index (κ2) is 14.1. The summed E-state index contributed by atoms with van der Waals surface area (Å²) >= 11 is 0. The zero-order chi connectivity index (χ0) is 20.4. The Morgan fingerprint density at radius 2 is 1.50 bits per heavy atom. The summed E-state index contributed by atoms with van der Waals surface area (Å²) in [6.07, 6.45) is 13.9. The van der Waals surface area contributed by atoms with Gasteiger partial charge in [0.1, 0.15) is 0 Å². The van der Waals surface area contributed by atoms with E-state index in [1.54, 1.807) is 0 Å². The highest BCUT2D eigenvalue weighted by atomic mass is 127. The van der Waals surface area contributed by atoms with Crippen molar-refractivity contribution < 1.29 is 0 Å². The predicted octanol–water partition coefficient (Wildman–Crippen LogP) is 4.42. The second-order valence-electron chi connectivity index (χ2n) is 9.66. The van der Waals surface area contributed by atoms with E-state index in [1.165, 1.54) is 123 Å².